The second kappa shape index (κ2) is 9.76. The van der Waals surface area contributed by atoms with Crippen molar-refractivity contribution in [3.05, 3.63) is 64.2 Å². The number of para-hydroxylation sites is 1. The summed E-state index contributed by atoms with van der Waals surface area (Å²) in [4.78, 5) is 29.6. The highest BCUT2D eigenvalue weighted by Gasteiger charge is 2.13. The molecule has 0 saturated heterocycles. The molecule has 2 heterocycles. The van der Waals surface area contributed by atoms with Gasteiger partial charge in [0.05, 0.1) is 27.4 Å². The molecule has 0 atom stereocenters. The predicted molar refractivity (Wildman–Crippen MR) is 117 cm³/mol. The summed E-state index contributed by atoms with van der Waals surface area (Å²) in [5.41, 5.74) is 1.29. The van der Waals surface area contributed by atoms with Gasteiger partial charge in [-0.3, -0.25) is 18.8 Å². The van der Waals surface area contributed by atoms with Gasteiger partial charge in [0.1, 0.15) is 0 Å². The first kappa shape index (κ1) is 21.1. The summed E-state index contributed by atoms with van der Waals surface area (Å²) in [6.45, 7) is 6.92. The van der Waals surface area contributed by atoms with Crippen LogP contribution in [0.15, 0.2) is 53.1 Å². The Bertz CT molecular complexity index is 1070. The topological polar surface area (TPSA) is 81.8 Å². The Morgan fingerprint density at radius 3 is 2.86 bits per heavy atom. The van der Waals surface area contributed by atoms with Gasteiger partial charge in [0.15, 0.2) is 5.16 Å². The van der Waals surface area contributed by atoms with E-state index in [0.29, 0.717) is 47.1 Å². The van der Waals surface area contributed by atoms with Crippen LogP contribution >= 0.6 is 23.4 Å². The molecular weight excluding hydrogens is 410 g/mol. The minimum Gasteiger partial charge on any atom is -0.352 e. The van der Waals surface area contributed by atoms with Crippen molar-refractivity contribution in [3.8, 4) is 0 Å². The highest BCUT2D eigenvalue weighted by Crippen LogP contribution is 2.18. The van der Waals surface area contributed by atoms with Crippen molar-refractivity contribution in [1.29, 1.82) is 0 Å². The first-order chi connectivity index (χ1) is 14.0. The lowest BCUT2D eigenvalue weighted by molar-refractivity contribution is -0.118. The SMILES string of the molecule is C=CCNC(=O)CSc1nc2ccccc2c(=O)n1CCCn1cc(Cl)c(C)n1. The molecular formula is C20H22ClN5O2S. The smallest absolute Gasteiger partial charge is 0.262 e. The largest absolute Gasteiger partial charge is 0.352 e. The van der Waals surface area contributed by atoms with E-state index in [4.69, 9.17) is 11.6 Å². The van der Waals surface area contributed by atoms with E-state index in [1.54, 1.807) is 33.7 Å². The zero-order valence-electron chi connectivity index (χ0n) is 16.1. The number of halogens is 1. The van der Waals surface area contributed by atoms with Gasteiger partial charge in [0.25, 0.3) is 5.56 Å². The van der Waals surface area contributed by atoms with Crippen LogP contribution in [0.3, 0.4) is 0 Å². The molecule has 0 aliphatic carbocycles. The van der Waals surface area contributed by atoms with Crippen LogP contribution in [0.4, 0.5) is 0 Å². The van der Waals surface area contributed by atoms with E-state index >= 15 is 0 Å². The lowest BCUT2D eigenvalue weighted by atomic mass is 10.2. The van der Waals surface area contributed by atoms with Crippen molar-refractivity contribution < 1.29 is 4.79 Å². The van der Waals surface area contributed by atoms with Gasteiger partial charge in [-0.25, -0.2) is 4.98 Å². The fourth-order valence-corrected chi connectivity index (χ4v) is 3.83. The summed E-state index contributed by atoms with van der Waals surface area (Å²) < 4.78 is 3.40. The van der Waals surface area contributed by atoms with Crippen molar-refractivity contribution >= 4 is 40.2 Å². The molecule has 0 unspecified atom stereocenters. The molecule has 0 saturated carbocycles. The zero-order valence-corrected chi connectivity index (χ0v) is 17.7. The highest BCUT2D eigenvalue weighted by atomic mass is 35.5. The number of benzene rings is 1. The molecule has 3 rings (SSSR count). The van der Waals surface area contributed by atoms with Crippen molar-refractivity contribution in [3.63, 3.8) is 0 Å². The van der Waals surface area contributed by atoms with Crippen molar-refractivity contribution in [1.82, 2.24) is 24.6 Å². The van der Waals surface area contributed by atoms with Crippen molar-refractivity contribution in [2.75, 3.05) is 12.3 Å². The highest BCUT2D eigenvalue weighted by molar-refractivity contribution is 7.99. The Morgan fingerprint density at radius 1 is 1.34 bits per heavy atom. The van der Waals surface area contributed by atoms with Gasteiger partial charge in [-0.15, -0.1) is 6.58 Å². The van der Waals surface area contributed by atoms with E-state index in [1.165, 1.54) is 11.8 Å². The number of aromatic nitrogens is 4. The lowest BCUT2D eigenvalue weighted by Crippen LogP contribution is -2.27. The van der Waals surface area contributed by atoms with Crippen LogP contribution in [0.25, 0.3) is 10.9 Å². The third-order valence-electron chi connectivity index (χ3n) is 4.26. The second-order valence-electron chi connectivity index (χ2n) is 6.43. The molecule has 0 aliphatic rings. The molecule has 0 radical (unpaired) electrons. The first-order valence-electron chi connectivity index (χ1n) is 9.19. The van der Waals surface area contributed by atoms with Crippen molar-refractivity contribution in [2.45, 2.75) is 31.6 Å². The standard InChI is InChI=1S/C20H22ClN5O2S/c1-3-9-22-18(27)13-29-20-23-17-8-5-4-7-15(17)19(28)26(20)11-6-10-25-12-16(21)14(2)24-25/h3-5,7-8,12H,1,6,9-11,13H2,2H3,(H,22,27). The van der Waals surface area contributed by atoms with Crippen LogP contribution in [0.5, 0.6) is 0 Å². The fourth-order valence-electron chi connectivity index (χ4n) is 2.82. The number of thioether (sulfide) groups is 1. The molecule has 0 aliphatic heterocycles. The molecule has 0 spiro atoms. The Kier molecular flexibility index (Phi) is 7.11. The number of nitrogens with zero attached hydrogens (tertiary/aromatic N) is 4. The van der Waals surface area contributed by atoms with Crippen LogP contribution in [0.2, 0.25) is 5.02 Å². The number of carbonyl (C=O) groups is 1. The van der Waals surface area contributed by atoms with Gasteiger partial charge in [-0.2, -0.15) is 5.10 Å². The quantitative estimate of drug-likeness (QED) is 0.320. The van der Waals surface area contributed by atoms with Gasteiger partial charge in [-0.05, 0) is 25.5 Å². The number of hydrogen-bond acceptors (Lipinski definition) is 5. The van der Waals surface area contributed by atoms with E-state index in [2.05, 4.69) is 22.0 Å². The Balaban J connectivity index is 1.80. The number of hydrogen-bond donors (Lipinski definition) is 1. The van der Waals surface area contributed by atoms with E-state index < -0.39 is 0 Å². The average molecular weight is 432 g/mol. The van der Waals surface area contributed by atoms with Gasteiger partial charge in [0.2, 0.25) is 5.91 Å². The summed E-state index contributed by atoms with van der Waals surface area (Å²) in [5, 5.41) is 8.78. The minimum atomic E-state index is -0.134. The van der Waals surface area contributed by atoms with Gasteiger partial charge in [0, 0.05) is 25.8 Å². The molecule has 29 heavy (non-hydrogen) atoms. The van der Waals surface area contributed by atoms with Gasteiger partial charge in [-0.1, -0.05) is 41.6 Å². The molecule has 2 aromatic heterocycles. The average Bonchev–Trinajstić information content (AvgIpc) is 3.04. The molecule has 1 amide bonds. The molecule has 7 nitrogen and oxygen atoms in total. The van der Waals surface area contributed by atoms with Crippen LogP contribution < -0.4 is 10.9 Å². The molecule has 9 heteroatoms. The predicted octanol–water partition coefficient (Wildman–Crippen LogP) is 3.04. The maximum absolute atomic E-state index is 13.0. The summed E-state index contributed by atoms with van der Waals surface area (Å²) in [7, 11) is 0. The first-order valence-corrected chi connectivity index (χ1v) is 10.6. The Morgan fingerprint density at radius 2 is 2.14 bits per heavy atom. The summed E-state index contributed by atoms with van der Waals surface area (Å²) in [6, 6.07) is 7.23. The van der Waals surface area contributed by atoms with Crippen LogP contribution in [0, 0.1) is 6.92 Å². The third kappa shape index (κ3) is 5.27. The Hall–Kier alpha value is -2.58. The van der Waals surface area contributed by atoms with Crippen molar-refractivity contribution in [2.24, 2.45) is 0 Å². The number of amides is 1. The van der Waals surface area contributed by atoms with Gasteiger partial charge >= 0.3 is 0 Å². The van der Waals surface area contributed by atoms with Crippen LogP contribution in [0.1, 0.15) is 12.1 Å². The Labute approximate surface area is 177 Å². The maximum Gasteiger partial charge on any atom is 0.262 e. The van der Waals surface area contributed by atoms with E-state index in [0.717, 1.165) is 5.69 Å². The molecule has 0 fully saturated rings. The summed E-state index contributed by atoms with van der Waals surface area (Å²) in [6.07, 6.45) is 4.07. The normalized spacial score (nSPS) is 11.0. The number of fused-ring (bicyclic) bond motifs is 1. The maximum atomic E-state index is 13.0. The summed E-state index contributed by atoms with van der Waals surface area (Å²) in [5.74, 6) is 0.0394. The molecule has 152 valence electrons. The van der Waals surface area contributed by atoms with Crippen LogP contribution in [-0.2, 0) is 17.9 Å². The lowest BCUT2D eigenvalue weighted by Gasteiger charge is -2.13. The molecule has 0 bridgehead atoms. The fraction of sp³-hybridized carbons (Fsp3) is 0.300. The monoisotopic (exact) mass is 431 g/mol. The number of nitrogens with one attached hydrogen (secondary N) is 1. The van der Waals surface area contributed by atoms with E-state index in [9.17, 15) is 9.59 Å². The number of rotatable bonds is 9. The summed E-state index contributed by atoms with van der Waals surface area (Å²) >= 11 is 7.30. The molecule has 1 N–H and O–H groups in total. The number of aryl methyl sites for hydroxylation is 2. The van der Waals surface area contributed by atoms with Gasteiger partial charge < -0.3 is 5.32 Å². The van der Waals surface area contributed by atoms with E-state index in [1.807, 2.05) is 19.1 Å². The molecule has 1 aromatic carbocycles. The zero-order chi connectivity index (χ0) is 20.8. The number of carbonyl (C=O) groups excluding carboxylic acids is 1. The van der Waals surface area contributed by atoms with Crippen LogP contribution in [-0.4, -0.2) is 37.5 Å². The second-order valence-corrected chi connectivity index (χ2v) is 7.78. The van der Waals surface area contributed by atoms with E-state index in [-0.39, 0.29) is 17.2 Å². The minimum absolute atomic E-state index is 0.112. The third-order valence-corrected chi connectivity index (χ3v) is 5.61. The molecule has 3 aromatic rings.